The standard InChI is InChI=1S/C78H129Br9N16O19/c1-66(2,79)57(106)19-21-75(39-88-59(108)68(5,6)81,40-89-60(109)69(7,8)82)49-120-35-53-31-101(98-95-53)46-78(52-119-30-28-117-26-24-115-23-25-116-27-29-118-38-56(105)34-104,47-102-32-54(96-99-102)36-121-50-76(22-20-58(107)67(3,4)80,41-90-61(110)70(9,10)83)42-91-62(111)71(11,12)84)48-103-33-55(97-100-103)37-122-51-77(43-92-63(112)72(13,14)85,44-93-64(113)73(15,16)86)45-94-65(114)74(17,18)87/h31-33,56,104-105H,19-30,34-52H2,1-18H3,(H,88,108)(H,89,109)(H,90,110)(H,91,111)(H,92,112)(H,93,113)(H,94,114). The summed E-state index contributed by atoms with van der Waals surface area (Å²) >= 11 is 31.2. The SMILES string of the molecule is CC(C)(Br)C(=O)CCC(CNC(=O)C(C)(C)Br)(CNC(=O)C(C)(C)Br)COCc1cn(CC(COCCOCCOCCOCCOCC(O)CO)(Cn2cc(COCC(CCC(=O)C(C)(C)Br)(CNC(=O)C(C)(C)Br)CNC(=O)C(C)(C)Br)nn2)Cn2cc(COCC(CNC(=O)C(C)(C)Br)(CNC(=O)C(C)(C)Br)CNC(=O)C(C)(C)Br)nn2)nn1. The Morgan fingerprint density at radius 2 is 0.549 bits per heavy atom. The van der Waals surface area contributed by atoms with E-state index in [1.54, 1.807) is 157 Å². The van der Waals surface area contributed by atoms with Crippen molar-refractivity contribution in [2.45, 2.75) is 235 Å². The first kappa shape index (κ1) is 113. The number of carbonyl (C=O) groups is 9. The molecule has 9 N–H and O–H groups in total. The molecule has 3 rings (SSSR count). The van der Waals surface area contributed by atoms with Gasteiger partial charge in [-0.2, -0.15) is 0 Å². The average Bonchev–Trinajstić information content (AvgIpc) is 1.63. The van der Waals surface area contributed by atoms with Gasteiger partial charge in [0.05, 0.1) is 195 Å². The van der Waals surface area contributed by atoms with Crippen LogP contribution in [0.25, 0.3) is 0 Å². The molecule has 0 saturated heterocycles. The molecule has 44 heteroatoms. The van der Waals surface area contributed by atoms with Crippen LogP contribution in [0.5, 0.6) is 0 Å². The topological polar surface area (TPSA) is 444 Å². The molecule has 3 heterocycles. The number of aliphatic hydroxyl groups is 2. The first-order valence-corrected chi connectivity index (χ1v) is 47.0. The molecule has 0 aliphatic heterocycles. The monoisotopic (exact) mass is 2300 g/mol. The van der Waals surface area contributed by atoms with E-state index in [1.165, 1.54) is 0 Å². The van der Waals surface area contributed by atoms with Crippen LogP contribution in [0.15, 0.2) is 18.6 Å². The number of hydrogen-bond donors (Lipinski definition) is 9. The van der Waals surface area contributed by atoms with Crippen LogP contribution in [-0.2, 0) is 121 Å². The van der Waals surface area contributed by atoms with E-state index in [4.69, 9.17) is 43.0 Å². The molecule has 35 nitrogen and oxygen atoms in total. The van der Waals surface area contributed by atoms with Crippen LogP contribution in [0.2, 0.25) is 0 Å². The Kier molecular flexibility index (Phi) is 47.3. The number of nitrogens with zero attached hydrogens (tertiary/aromatic N) is 9. The van der Waals surface area contributed by atoms with Crippen molar-refractivity contribution >= 4 is 196 Å². The van der Waals surface area contributed by atoms with Crippen molar-refractivity contribution in [1.29, 1.82) is 0 Å². The van der Waals surface area contributed by atoms with Crippen LogP contribution in [0.1, 0.15) is 167 Å². The summed E-state index contributed by atoms with van der Waals surface area (Å²) < 4.78 is 45.0. The number of halogens is 9. The van der Waals surface area contributed by atoms with Gasteiger partial charge in [0.15, 0.2) is 0 Å². The van der Waals surface area contributed by atoms with Crippen LogP contribution in [0.3, 0.4) is 0 Å². The highest BCUT2D eigenvalue weighted by Crippen LogP contribution is 2.34. The molecular formula is C78H129Br9N16O19. The quantitative estimate of drug-likeness (QED) is 0.0192. The zero-order chi connectivity index (χ0) is 92.6. The zero-order valence-corrected chi connectivity index (χ0v) is 87.8. The van der Waals surface area contributed by atoms with Gasteiger partial charge < -0.3 is 85.3 Å². The molecular weight excluding hydrogens is 2180 g/mol. The number of ketones is 2. The number of aromatic nitrogens is 9. The lowest BCUT2D eigenvalue weighted by molar-refractivity contribution is -0.126. The number of aliphatic hydroxyl groups excluding tert-OH is 2. The Morgan fingerprint density at radius 1 is 0.328 bits per heavy atom. The maximum Gasteiger partial charge on any atom is 0.236 e. The third kappa shape index (κ3) is 44.1. The molecule has 3 aromatic rings. The molecule has 698 valence electrons. The van der Waals surface area contributed by atoms with Crippen LogP contribution >= 0.6 is 143 Å². The lowest BCUT2D eigenvalue weighted by Gasteiger charge is -2.36. The second kappa shape index (κ2) is 51.0. The molecule has 0 saturated carbocycles. The third-order valence-corrected chi connectivity index (χ3v) is 22.3. The van der Waals surface area contributed by atoms with E-state index in [0.717, 1.165) is 0 Å². The van der Waals surface area contributed by atoms with Gasteiger partial charge in [0.1, 0.15) is 34.8 Å². The highest BCUT2D eigenvalue weighted by molar-refractivity contribution is 9.11. The van der Waals surface area contributed by atoms with Gasteiger partial charge in [-0.3, -0.25) is 57.2 Å². The van der Waals surface area contributed by atoms with Crippen molar-refractivity contribution in [1.82, 2.24) is 82.2 Å². The molecule has 3 aromatic heterocycles. The van der Waals surface area contributed by atoms with E-state index in [9.17, 15) is 48.3 Å². The summed E-state index contributed by atoms with van der Waals surface area (Å²) in [7, 11) is 0. The molecule has 0 aliphatic rings. The van der Waals surface area contributed by atoms with E-state index in [2.05, 4.69) is 212 Å². The number of rotatable bonds is 64. The summed E-state index contributed by atoms with van der Waals surface area (Å²) in [4.78, 5) is 122. The Bertz CT molecular complexity index is 3210. The Balaban J connectivity index is 2.31. The Morgan fingerprint density at radius 3 is 0.787 bits per heavy atom. The predicted octanol–water partition coefficient (Wildman–Crippen LogP) is 7.87. The van der Waals surface area contributed by atoms with Gasteiger partial charge >= 0.3 is 0 Å². The summed E-state index contributed by atoms with van der Waals surface area (Å²) in [6.45, 7) is 31.1. The fraction of sp³-hybridized carbons (Fsp3) is 0.808. The highest BCUT2D eigenvalue weighted by Gasteiger charge is 2.43. The van der Waals surface area contributed by atoms with E-state index in [0.29, 0.717) is 17.1 Å². The molecule has 0 bridgehead atoms. The van der Waals surface area contributed by atoms with Gasteiger partial charge in [-0.15, -0.1) is 15.3 Å². The zero-order valence-electron chi connectivity index (χ0n) is 73.5. The summed E-state index contributed by atoms with van der Waals surface area (Å²) in [5, 5.41) is 67.2. The molecule has 0 fully saturated rings. The normalized spacial score (nSPS) is 13.5. The predicted molar refractivity (Wildman–Crippen MR) is 493 cm³/mol. The average molecular weight is 2310 g/mol. The maximum absolute atomic E-state index is 13.6. The van der Waals surface area contributed by atoms with E-state index in [-0.39, 0.29) is 250 Å². The number of ether oxygens (including phenoxy) is 8. The second-order valence-electron chi connectivity index (χ2n) is 35.4. The van der Waals surface area contributed by atoms with Crippen LogP contribution in [-0.4, -0.2) is 291 Å². The summed E-state index contributed by atoms with van der Waals surface area (Å²) in [5.41, 5.74) is -3.32. The molecule has 1 unspecified atom stereocenters. The van der Waals surface area contributed by atoms with Crippen molar-refractivity contribution in [3.8, 4) is 0 Å². The molecule has 0 spiro atoms. The van der Waals surface area contributed by atoms with Gasteiger partial charge in [0.2, 0.25) is 41.4 Å². The summed E-state index contributed by atoms with van der Waals surface area (Å²) in [6.07, 6.45) is 4.60. The minimum atomic E-state index is -1.16. The molecule has 0 aliphatic carbocycles. The fourth-order valence-corrected chi connectivity index (χ4v) is 12.5. The van der Waals surface area contributed by atoms with Gasteiger partial charge in [-0.25, -0.2) is 0 Å². The minimum absolute atomic E-state index is 0.00163. The van der Waals surface area contributed by atoms with Crippen molar-refractivity contribution in [2.75, 3.05) is 138 Å². The maximum atomic E-state index is 13.6. The van der Waals surface area contributed by atoms with Crippen molar-refractivity contribution in [2.24, 2.45) is 21.7 Å². The van der Waals surface area contributed by atoms with Gasteiger partial charge in [0.25, 0.3) is 0 Å². The van der Waals surface area contributed by atoms with Gasteiger partial charge in [-0.05, 0) is 137 Å². The van der Waals surface area contributed by atoms with Gasteiger partial charge in [-0.1, -0.05) is 159 Å². The fourth-order valence-electron chi connectivity index (χ4n) is 11.1. The minimum Gasteiger partial charge on any atom is -0.394 e. The van der Waals surface area contributed by atoms with Crippen molar-refractivity contribution in [3.05, 3.63) is 35.7 Å². The van der Waals surface area contributed by atoms with Gasteiger partial charge in [0, 0.05) is 74.9 Å². The Labute approximate surface area is 793 Å². The molecule has 122 heavy (non-hydrogen) atoms. The van der Waals surface area contributed by atoms with Crippen LogP contribution in [0.4, 0.5) is 0 Å². The largest absolute Gasteiger partial charge is 0.394 e. The highest BCUT2D eigenvalue weighted by atomic mass is 79.9. The lowest BCUT2D eigenvalue weighted by Crippen LogP contribution is -2.57. The molecule has 0 aromatic carbocycles. The smallest absolute Gasteiger partial charge is 0.236 e. The Hall–Kier alpha value is -3.03. The molecule has 0 radical (unpaired) electrons. The first-order chi connectivity index (χ1) is 56.1. The van der Waals surface area contributed by atoms with Crippen LogP contribution in [0, 0.1) is 21.7 Å². The molecule has 1 atom stereocenters. The molecule has 7 amide bonds. The third-order valence-electron chi connectivity index (χ3n) is 18.9. The summed E-state index contributed by atoms with van der Waals surface area (Å²) in [6, 6.07) is 0. The second-order valence-corrected chi connectivity index (χ2v) is 53.2. The number of nitrogens with one attached hydrogen (secondary N) is 7. The van der Waals surface area contributed by atoms with E-state index >= 15 is 0 Å². The number of Topliss-reactive ketones (excluding diaryl/α,β-unsaturated/α-hetero) is 2. The first-order valence-electron chi connectivity index (χ1n) is 39.9. The lowest BCUT2D eigenvalue weighted by atomic mass is 9.81. The number of alkyl halides is 9. The van der Waals surface area contributed by atoms with Crippen molar-refractivity contribution in [3.63, 3.8) is 0 Å². The number of amides is 7. The van der Waals surface area contributed by atoms with E-state index in [1.807, 2.05) is 0 Å². The number of carbonyl (C=O) groups excluding carboxylic acids is 9. The van der Waals surface area contributed by atoms with E-state index < -0.39 is 73.3 Å². The van der Waals surface area contributed by atoms with Crippen molar-refractivity contribution < 1.29 is 91.3 Å². The summed E-state index contributed by atoms with van der Waals surface area (Å²) in [5.74, 6) is -2.65. The number of hydrogen-bond acceptors (Lipinski definition) is 25. The van der Waals surface area contributed by atoms with Crippen LogP contribution < -0.4 is 37.2 Å².